The molecule has 0 saturated carbocycles. The standard InChI is InChI=1S/C18H29N3O2/c1-13-7-9-15(10-8-13)11-19-17(23)14(2)21(6)12-16(22)20-18(3,4)5/h7-10,14H,11-12H2,1-6H3,(H,19,23)(H,20,22). The molecule has 0 aliphatic carbocycles. The van der Waals surface area contributed by atoms with Crippen LogP contribution < -0.4 is 10.6 Å². The molecule has 1 atom stereocenters. The van der Waals surface area contributed by atoms with Crippen LogP contribution in [0.15, 0.2) is 24.3 Å². The maximum atomic E-state index is 12.2. The number of carbonyl (C=O) groups excluding carboxylic acids is 2. The lowest BCUT2D eigenvalue weighted by atomic mass is 10.1. The predicted octanol–water partition coefficient (Wildman–Crippen LogP) is 1.85. The molecule has 0 saturated heterocycles. The third-order valence-corrected chi connectivity index (χ3v) is 3.54. The van der Waals surface area contributed by atoms with Crippen LogP contribution in [0.3, 0.4) is 0 Å². The fraction of sp³-hybridized carbons (Fsp3) is 0.556. The summed E-state index contributed by atoms with van der Waals surface area (Å²) in [5.74, 6) is -0.171. The largest absolute Gasteiger partial charge is 0.351 e. The van der Waals surface area contributed by atoms with Crippen LogP contribution >= 0.6 is 0 Å². The van der Waals surface area contributed by atoms with Crippen molar-refractivity contribution in [3.63, 3.8) is 0 Å². The number of carbonyl (C=O) groups is 2. The molecule has 1 rings (SSSR count). The number of aryl methyl sites for hydroxylation is 1. The molecule has 1 unspecified atom stereocenters. The molecular formula is C18H29N3O2. The van der Waals surface area contributed by atoms with Gasteiger partial charge >= 0.3 is 0 Å². The van der Waals surface area contributed by atoms with E-state index in [9.17, 15) is 9.59 Å². The number of rotatable bonds is 6. The summed E-state index contributed by atoms with van der Waals surface area (Å²) in [5.41, 5.74) is 1.98. The molecule has 2 N–H and O–H groups in total. The van der Waals surface area contributed by atoms with E-state index in [1.54, 1.807) is 18.9 Å². The highest BCUT2D eigenvalue weighted by molar-refractivity contribution is 5.83. The first-order valence-electron chi connectivity index (χ1n) is 7.93. The normalized spacial score (nSPS) is 12.8. The van der Waals surface area contributed by atoms with Crippen LogP contribution in [0.25, 0.3) is 0 Å². The van der Waals surface area contributed by atoms with Gasteiger partial charge in [-0.1, -0.05) is 29.8 Å². The first kappa shape index (κ1) is 19.2. The fourth-order valence-electron chi connectivity index (χ4n) is 2.06. The van der Waals surface area contributed by atoms with Crippen molar-refractivity contribution in [2.45, 2.75) is 52.7 Å². The van der Waals surface area contributed by atoms with Gasteiger partial charge in [0.2, 0.25) is 11.8 Å². The third kappa shape index (κ3) is 7.28. The summed E-state index contributed by atoms with van der Waals surface area (Å²) in [4.78, 5) is 25.9. The quantitative estimate of drug-likeness (QED) is 0.841. The molecule has 0 aromatic heterocycles. The van der Waals surface area contributed by atoms with Gasteiger partial charge in [-0.25, -0.2) is 0 Å². The number of hydrogen-bond acceptors (Lipinski definition) is 3. The summed E-state index contributed by atoms with van der Waals surface area (Å²) in [7, 11) is 1.78. The van der Waals surface area contributed by atoms with E-state index in [1.807, 2.05) is 52.0 Å². The van der Waals surface area contributed by atoms with Gasteiger partial charge in [-0.3, -0.25) is 14.5 Å². The van der Waals surface area contributed by atoms with Crippen molar-refractivity contribution < 1.29 is 9.59 Å². The van der Waals surface area contributed by atoms with Crippen molar-refractivity contribution in [1.29, 1.82) is 0 Å². The van der Waals surface area contributed by atoms with E-state index in [1.165, 1.54) is 5.56 Å². The Morgan fingerprint density at radius 3 is 2.26 bits per heavy atom. The van der Waals surface area contributed by atoms with Crippen LogP contribution in [0, 0.1) is 6.92 Å². The lowest BCUT2D eigenvalue weighted by molar-refractivity contribution is -0.128. The van der Waals surface area contributed by atoms with E-state index in [0.717, 1.165) is 5.56 Å². The van der Waals surface area contributed by atoms with Crippen molar-refractivity contribution >= 4 is 11.8 Å². The topological polar surface area (TPSA) is 61.4 Å². The minimum Gasteiger partial charge on any atom is -0.351 e. The van der Waals surface area contributed by atoms with Crippen molar-refractivity contribution in [3.05, 3.63) is 35.4 Å². The molecule has 128 valence electrons. The molecule has 5 heteroatoms. The maximum Gasteiger partial charge on any atom is 0.237 e. The Morgan fingerprint density at radius 1 is 1.17 bits per heavy atom. The Hall–Kier alpha value is -1.88. The van der Waals surface area contributed by atoms with Crippen LogP contribution in [0.5, 0.6) is 0 Å². The van der Waals surface area contributed by atoms with Gasteiger partial charge in [0.25, 0.3) is 0 Å². The van der Waals surface area contributed by atoms with Gasteiger partial charge in [0.05, 0.1) is 12.6 Å². The second kappa shape index (κ2) is 8.11. The van der Waals surface area contributed by atoms with E-state index >= 15 is 0 Å². The van der Waals surface area contributed by atoms with Crippen LogP contribution in [-0.2, 0) is 16.1 Å². The molecular weight excluding hydrogens is 290 g/mol. The minimum atomic E-state index is -0.369. The Kier molecular flexibility index (Phi) is 6.76. The molecule has 1 aromatic carbocycles. The highest BCUT2D eigenvalue weighted by Gasteiger charge is 2.21. The van der Waals surface area contributed by atoms with Crippen LogP contribution in [0.2, 0.25) is 0 Å². The number of amides is 2. The van der Waals surface area contributed by atoms with E-state index in [0.29, 0.717) is 6.54 Å². The van der Waals surface area contributed by atoms with Gasteiger partial charge < -0.3 is 10.6 Å². The molecule has 0 heterocycles. The molecule has 5 nitrogen and oxygen atoms in total. The average molecular weight is 319 g/mol. The van der Waals surface area contributed by atoms with E-state index < -0.39 is 0 Å². The minimum absolute atomic E-state index is 0.0850. The molecule has 0 spiro atoms. The molecule has 0 radical (unpaired) electrons. The molecule has 0 aliphatic heterocycles. The van der Waals surface area contributed by atoms with Gasteiger partial charge in [0.15, 0.2) is 0 Å². The van der Waals surface area contributed by atoms with Gasteiger partial charge in [0, 0.05) is 12.1 Å². The zero-order valence-electron chi connectivity index (χ0n) is 15.1. The number of nitrogens with one attached hydrogen (secondary N) is 2. The van der Waals surface area contributed by atoms with Gasteiger partial charge in [-0.2, -0.15) is 0 Å². The second-order valence-electron chi connectivity index (χ2n) is 7.09. The summed E-state index contributed by atoms with van der Waals surface area (Å²) in [6.45, 7) is 10.3. The summed E-state index contributed by atoms with van der Waals surface area (Å²) < 4.78 is 0. The molecule has 2 amide bonds. The monoisotopic (exact) mass is 319 g/mol. The molecule has 0 bridgehead atoms. The maximum absolute atomic E-state index is 12.2. The fourth-order valence-corrected chi connectivity index (χ4v) is 2.06. The summed E-state index contributed by atoms with van der Waals surface area (Å²) in [6.07, 6.45) is 0. The summed E-state index contributed by atoms with van der Waals surface area (Å²) in [5, 5.41) is 5.80. The zero-order valence-corrected chi connectivity index (χ0v) is 15.1. The van der Waals surface area contributed by atoms with Crippen molar-refractivity contribution in [3.8, 4) is 0 Å². The number of hydrogen-bond donors (Lipinski definition) is 2. The van der Waals surface area contributed by atoms with Gasteiger partial charge in [-0.15, -0.1) is 0 Å². The first-order valence-corrected chi connectivity index (χ1v) is 7.93. The highest BCUT2D eigenvalue weighted by Crippen LogP contribution is 2.04. The predicted molar refractivity (Wildman–Crippen MR) is 93.0 cm³/mol. The Morgan fingerprint density at radius 2 is 1.74 bits per heavy atom. The number of benzene rings is 1. The van der Waals surface area contributed by atoms with Crippen LogP contribution in [-0.4, -0.2) is 41.9 Å². The first-order chi connectivity index (χ1) is 10.6. The lowest BCUT2D eigenvalue weighted by Gasteiger charge is -2.26. The zero-order chi connectivity index (χ0) is 17.6. The van der Waals surface area contributed by atoms with Gasteiger partial charge in [0.1, 0.15) is 0 Å². The highest BCUT2D eigenvalue weighted by atomic mass is 16.2. The molecule has 1 aromatic rings. The van der Waals surface area contributed by atoms with Crippen molar-refractivity contribution in [2.24, 2.45) is 0 Å². The number of likely N-dealkylation sites (N-methyl/N-ethyl adjacent to an activating group) is 1. The van der Waals surface area contributed by atoms with Crippen molar-refractivity contribution in [2.75, 3.05) is 13.6 Å². The second-order valence-corrected chi connectivity index (χ2v) is 7.09. The smallest absolute Gasteiger partial charge is 0.237 e. The molecule has 0 fully saturated rings. The van der Waals surface area contributed by atoms with E-state index in [-0.39, 0.29) is 29.9 Å². The van der Waals surface area contributed by atoms with Crippen molar-refractivity contribution in [1.82, 2.24) is 15.5 Å². The van der Waals surface area contributed by atoms with Gasteiger partial charge in [-0.05, 0) is 47.2 Å². The van der Waals surface area contributed by atoms with E-state index in [4.69, 9.17) is 0 Å². The average Bonchev–Trinajstić information content (AvgIpc) is 2.43. The molecule has 23 heavy (non-hydrogen) atoms. The summed E-state index contributed by atoms with van der Waals surface area (Å²) in [6, 6.07) is 7.68. The Bertz CT molecular complexity index is 532. The Labute approximate surface area is 139 Å². The van der Waals surface area contributed by atoms with E-state index in [2.05, 4.69) is 10.6 Å². The molecule has 0 aliphatic rings. The lowest BCUT2D eigenvalue weighted by Crippen LogP contribution is -2.50. The van der Waals surface area contributed by atoms with Crippen LogP contribution in [0.1, 0.15) is 38.8 Å². The number of nitrogens with zero attached hydrogens (tertiary/aromatic N) is 1. The third-order valence-electron chi connectivity index (χ3n) is 3.54. The SMILES string of the molecule is Cc1ccc(CNC(=O)C(C)N(C)CC(=O)NC(C)(C)C)cc1. The van der Waals surface area contributed by atoms with Crippen LogP contribution in [0.4, 0.5) is 0 Å². The summed E-state index contributed by atoms with van der Waals surface area (Å²) >= 11 is 0. The Balaban J connectivity index is 2.45.